The largest absolute Gasteiger partial charge is 0.198 e. The lowest BCUT2D eigenvalue weighted by Crippen LogP contribution is -2.49. The fourth-order valence-corrected chi connectivity index (χ4v) is 5.02. The minimum Gasteiger partial charge on any atom is -0.198 e. The fourth-order valence-electron chi connectivity index (χ4n) is 5.02. The lowest BCUT2D eigenvalue weighted by atomic mass is 9.47. The number of allylic oxidation sites excluding steroid dienone is 1. The number of fused-ring (bicyclic) bond motifs is 1. The van der Waals surface area contributed by atoms with Crippen LogP contribution in [0, 0.1) is 34.0 Å². The topological polar surface area (TPSA) is 23.8 Å². The van der Waals surface area contributed by atoms with E-state index in [1.54, 1.807) is 0 Å². The minimum absolute atomic E-state index is 0.397. The third-order valence-corrected chi connectivity index (χ3v) is 5.86. The van der Waals surface area contributed by atoms with E-state index in [1.807, 2.05) is 0 Å². The lowest BCUT2D eigenvalue weighted by molar-refractivity contribution is -0.0536. The molecule has 0 bridgehead atoms. The SMILES string of the molecule is C=C1CC[C@H]2C(C)(C)CCC[C@]2(C)[C@H]1CCC#N. The summed E-state index contributed by atoms with van der Waals surface area (Å²) in [6.45, 7) is 11.7. The zero-order valence-corrected chi connectivity index (χ0v) is 12.3. The molecule has 18 heavy (non-hydrogen) atoms. The molecule has 3 atom stereocenters. The van der Waals surface area contributed by atoms with Crippen LogP contribution in [0.15, 0.2) is 12.2 Å². The molecule has 1 nitrogen and oxygen atoms in total. The molecule has 0 aromatic rings. The molecule has 0 N–H and O–H groups in total. The number of hydrogen-bond acceptors (Lipinski definition) is 1. The van der Waals surface area contributed by atoms with Crippen LogP contribution in [0.3, 0.4) is 0 Å². The van der Waals surface area contributed by atoms with Crippen LogP contribution in [0.2, 0.25) is 0 Å². The third-order valence-electron chi connectivity index (χ3n) is 5.86. The summed E-state index contributed by atoms with van der Waals surface area (Å²) in [6, 6.07) is 2.33. The van der Waals surface area contributed by atoms with Gasteiger partial charge in [0.25, 0.3) is 0 Å². The highest BCUT2D eigenvalue weighted by Gasteiger charge is 2.52. The quantitative estimate of drug-likeness (QED) is 0.622. The maximum atomic E-state index is 8.89. The van der Waals surface area contributed by atoms with E-state index < -0.39 is 0 Å². The van der Waals surface area contributed by atoms with E-state index in [4.69, 9.17) is 5.26 Å². The highest BCUT2D eigenvalue weighted by Crippen LogP contribution is 2.61. The van der Waals surface area contributed by atoms with Gasteiger partial charge < -0.3 is 0 Å². The molecule has 0 unspecified atom stereocenters. The molecule has 2 rings (SSSR count). The molecule has 0 aromatic carbocycles. The molecule has 0 amide bonds. The number of rotatable bonds is 2. The molecule has 2 aliphatic carbocycles. The van der Waals surface area contributed by atoms with Gasteiger partial charge in [0.15, 0.2) is 0 Å². The Kier molecular flexibility index (Phi) is 3.58. The first-order chi connectivity index (χ1) is 8.42. The summed E-state index contributed by atoms with van der Waals surface area (Å²) in [7, 11) is 0. The first kappa shape index (κ1) is 13.7. The summed E-state index contributed by atoms with van der Waals surface area (Å²) < 4.78 is 0. The summed E-state index contributed by atoms with van der Waals surface area (Å²) in [5, 5.41) is 8.89. The average Bonchev–Trinajstić information content (AvgIpc) is 2.27. The van der Waals surface area contributed by atoms with Gasteiger partial charge in [0.1, 0.15) is 0 Å². The highest BCUT2D eigenvalue weighted by atomic mass is 14.6. The van der Waals surface area contributed by atoms with Gasteiger partial charge in [0.05, 0.1) is 6.07 Å². The average molecular weight is 245 g/mol. The van der Waals surface area contributed by atoms with Gasteiger partial charge in [-0.25, -0.2) is 0 Å². The molecule has 2 fully saturated rings. The number of hydrogen-bond donors (Lipinski definition) is 0. The van der Waals surface area contributed by atoms with Crippen LogP contribution in [0.4, 0.5) is 0 Å². The van der Waals surface area contributed by atoms with E-state index in [9.17, 15) is 0 Å². The molecule has 0 aliphatic heterocycles. The summed E-state index contributed by atoms with van der Waals surface area (Å²) in [5.41, 5.74) is 2.29. The van der Waals surface area contributed by atoms with Crippen molar-refractivity contribution in [3.05, 3.63) is 12.2 Å². The van der Waals surface area contributed by atoms with Crippen molar-refractivity contribution < 1.29 is 0 Å². The van der Waals surface area contributed by atoms with Gasteiger partial charge in [-0.3, -0.25) is 0 Å². The van der Waals surface area contributed by atoms with Gasteiger partial charge in [-0.2, -0.15) is 5.26 Å². The van der Waals surface area contributed by atoms with Gasteiger partial charge in [0, 0.05) is 6.42 Å². The first-order valence-electron chi connectivity index (χ1n) is 7.46. The summed E-state index contributed by atoms with van der Waals surface area (Å²) in [5.74, 6) is 1.39. The highest BCUT2D eigenvalue weighted by molar-refractivity contribution is 5.16. The number of nitriles is 1. The zero-order valence-electron chi connectivity index (χ0n) is 12.3. The molecule has 2 aliphatic rings. The van der Waals surface area contributed by atoms with Crippen molar-refractivity contribution in [1.82, 2.24) is 0 Å². The van der Waals surface area contributed by atoms with Crippen molar-refractivity contribution in [2.45, 2.75) is 65.7 Å². The summed E-state index contributed by atoms with van der Waals surface area (Å²) in [4.78, 5) is 0. The Hall–Kier alpha value is -0.770. The van der Waals surface area contributed by atoms with Crippen molar-refractivity contribution in [3.8, 4) is 6.07 Å². The van der Waals surface area contributed by atoms with E-state index >= 15 is 0 Å². The van der Waals surface area contributed by atoms with Gasteiger partial charge in [-0.15, -0.1) is 0 Å². The molecule has 0 heterocycles. The van der Waals surface area contributed by atoms with Gasteiger partial charge >= 0.3 is 0 Å². The third kappa shape index (κ3) is 2.11. The molecular formula is C17H27N. The summed E-state index contributed by atoms with van der Waals surface area (Å²) in [6.07, 6.45) is 8.24. The summed E-state index contributed by atoms with van der Waals surface area (Å²) >= 11 is 0. The Morgan fingerprint density at radius 2 is 2.06 bits per heavy atom. The molecule has 0 aromatic heterocycles. The predicted molar refractivity (Wildman–Crippen MR) is 75.9 cm³/mol. The normalized spacial score (nSPS) is 38.9. The lowest BCUT2D eigenvalue weighted by Gasteiger charge is -2.58. The molecule has 1 heteroatoms. The number of nitrogens with zero attached hydrogens (tertiary/aromatic N) is 1. The van der Waals surface area contributed by atoms with Gasteiger partial charge in [-0.05, 0) is 54.8 Å². The van der Waals surface area contributed by atoms with Gasteiger partial charge in [-0.1, -0.05) is 39.3 Å². The van der Waals surface area contributed by atoms with Crippen molar-refractivity contribution in [1.29, 1.82) is 5.26 Å². The predicted octanol–water partition coefficient (Wildman–Crippen LogP) is 5.09. The van der Waals surface area contributed by atoms with Crippen LogP contribution >= 0.6 is 0 Å². The standard InChI is InChI=1S/C17H27N/c1-13-8-9-15-16(2,3)10-6-11-17(15,4)14(13)7-5-12-18/h14-15H,1,5-11H2,2-4H3/t14-,15-,17+/m0/s1. The van der Waals surface area contributed by atoms with Crippen molar-refractivity contribution in [3.63, 3.8) is 0 Å². The molecule has 100 valence electrons. The smallest absolute Gasteiger partial charge is 0.0621 e. The molecule has 0 radical (unpaired) electrons. The van der Waals surface area contributed by atoms with Crippen molar-refractivity contribution in [2.24, 2.45) is 22.7 Å². The monoisotopic (exact) mass is 245 g/mol. The molecule has 0 spiro atoms. The molecular weight excluding hydrogens is 218 g/mol. The zero-order chi connectivity index (χ0) is 13.4. The Morgan fingerprint density at radius 3 is 2.72 bits per heavy atom. The molecule has 2 saturated carbocycles. The van der Waals surface area contributed by atoms with E-state index in [0.29, 0.717) is 23.2 Å². The van der Waals surface area contributed by atoms with E-state index in [1.165, 1.54) is 37.7 Å². The Morgan fingerprint density at radius 1 is 1.33 bits per heavy atom. The van der Waals surface area contributed by atoms with Crippen LogP contribution in [0.5, 0.6) is 0 Å². The van der Waals surface area contributed by atoms with E-state index in [-0.39, 0.29) is 0 Å². The van der Waals surface area contributed by atoms with Gasteiger partial charge in [0.2, 0.25) is 0 Å². The van der Waals surface area contributed by atoms with Crippen molar-refractivity contribution in [2.75, 3.05) is 0 Å². The maximum Gasteiger partial charge on any atom is 0.0621 e. The first-order valence-corrected chi connectivity index (χ1v) is 7.46. The van der Waals surface area contributed by atoms with E-state index in [0.717, 1.165) is 12.3 Å². The minimum atomic E-state index is 0.397. The van der Waals surface area contributed by atoms with Crippen molar-refractivity contribution >= 4 is 0 Å². The second-order valence-electron chi connectivity index (χ2n) is 7.35. The second kappa shape index (κ2) is 4.72. The fraction of sp³-hybridized carbons (Fsp3) is 0.824. The van der Waals surface area contributed by atoms with Crippen LogP contribution in [-0.4, -0.2) is 0 Å². The van der Waals surface area contributed by atoms with E-state index in [2.05, 4.69) is 33.4 Å². The maximum absolute atomic E-state index is 8.89. The van der Waals surface area contributed by atoms with Crippen LogP contribution in [0.1, 0.15) is 65.7 Å². The Bertz CT molecular complexity index is 374. The Labute approximate surface area is 112 Å². The van der Waals surface area contributed by atoms with Crippen LogP contribution in [0.25, 0.3) is 0 Å². The Balaban J connectivity index is 2.28. The molecule has 0 saturated heterocycles. The van der Waals surface area contributed by atoms with Crippen LogP contribution in [-0.2, 0) is 0 Å². The second-order valence-corrected chi connectivity index (χ2v) is 7.35. The van der Waals surface area contributed by atoms with Crippen LogP contribution < -0.4 is 0 Å².